The first-order valence-corrected chi connectivity index (χ1v) is 18.3. The quantitative estimate of drug-likeness (QED) is 0.0612. The Labute approximate surface area is 343 Å². The van der Waals surface area contributed by atoms with Gasteiger partial charge < -0.3 is 41.7 Å². The molecule has 0 spiro atoms. The third-order valence-electron chi connectivity index (χ3n) is 8.10. The van der Waals surface area contributed by atoms with Gasteiger partial charge in [0.15, 0.2) is 11.4 Å². The van der Waals surface area contributed by atoms with Gasteiger partial charge in [-0.15, -0.1) is 0 Å². The number of nitrogens with one attached hydrogen (secondary N) is 4. The molecule has 4 aromatic carbocycles. The number of nitrogens with zero attached hydrogens (tertiary/aromatic N) is 2. The smallest absolute Gasteiger partial charge is 0.322 e. The van der Waals surface area contributed by atoms with Gasteiger partial charge in [0.25, 0.3) is 11.8 Å². The fourth-order valence-corrected chi connectivity index (χ4v) is 5.22. The van der Waals surface area contributed by atoms with E-state index >= 15 is 0 Å². The summed E-state index contributed by atoms with van der Waals surface area (Å²) >= 11 is 0. The molecule has 0 bridgehead atoms. The lowest BCUT2D eigenvalue weighted by atomic mass is 10.1. The van der Waals surface area contributed by atoms with Gasteiger partial charge in [-0.3, -0.25) is 19.2 Å². The van der Waals surface area contributed by atoms with E-state index in [1.807, 2.05) is 12.1 Å². The highest BCUT2D eigenvalue weighted by Gasteiger charge is 2.16. The van der Waals surface area contributed by atoms with Crippen molar-refractivity contribution in [1.82, 2.24) is 31.2 Å². The number of rotatable bonds is 15. The number of aromatic nitrogens is 2. The number of halogens is 2. The molecule has 0 aliphatic rings. The largest absolute Gasteiger partial charge is 0.505 e. The van der Waals surface area contributed by atoms with Crippen molar-refractivity contribution in [2.45, 2.75) is 13.1 Å². The van der Waals surface area contributed by atoms with Crippen molar-refractivity contribution in [3.63, 3.8) is 0 Å². The van der Waals surface area contributed by atoms with Crippen LogP contribution in [0.4, 0.5) is 8.78 Å². The van der Waals surface area contributed by atoms with Crippen LogP contribution in [-0.4, -0.2) is 80.3 Å². The first kappa shape index (κ1) is 45.1. The van der Waals surface area contributed by atoms with Crippen molar-refractivity contribution in [3.05, 3.63) is 168 Å². The Morgan fingerprint density at radius 1 is 0.500 bits per heavy atom. The lowest BCUT2D eigenvalue weighted by Crippen LogP contribution is -2.29. The second-order valence-electron chi connectivity index (χ2n) is 12.7. The second-order valence-corrected chi connectivity index (χ2v) is 12.7. The first-order chi connectivity index (χ1) is 28.9. The average Bonchev–Trinajstić information content (AvgIpc) is 3.24. The standard InChI is InChI=1S/C16H20N2.2C14H11FN2O4/c1-3-7-15(8-4-1)13-17-11-12-18-14-16-9-5-2-6-10-16;2*15-10-3-1-2-8(4-10)9-5-11(18)13(16-6-9)14(21)17-7-12(19)20/h1-10,17-18H,11-14H2;2*1-6,18H,7H2,(H,17,21)(H,19,20). The molecule has 6 rings (SSSR count). The molecule has 0 saturated heterocycles. The summed E-state index contributed by atoms with van der Waals surface area (Å²) in [7, 11) is 0. The Kier molecular flexibility index (Phi) is 17.8. The van der Waals surface area contributed by atoms with E-state index in [0.717, 1.165) is 26.2 Å². The Bertz CT molecular complexity index is 2190. The molecule has 6 aromatic rings. The lowest BCUT2D eigenvalue weighted by Gasteiger charge is -2.07. The molecular formula is C44H42F2N6O8. The Morgan fingerprint density at radius 2 is 0.883 bits per heavy atom. The fourth-order valence-electron chi connectivity index (χ4n) is 5.22. The van der Waals surface area contributed by atoms with Crippen LogP contribution in [-0.2, 0) is 22.7 Å². The van der Waals surface area contributed by atoms with E-state index in [1.54, 1.807) is 12.1 Å². The first-order valence-electron chi connectivity index (χ1n) is 18.3. The third kappa shape index (κ3) is 15.4. The van der Waals surface area contributed by atoms with Crippen LogP contribution in [0.3, 0.4) is 0 Å². The summed E-state index contributed by atoms with van der Waals surface area (Å²) in [4.78, 5) is 51.5. The lowest BCUT2D eigenvalue weighted by molar-refractivity contribution is -0.136. The van der Waals surface area contributed by atoms with Gasteiger partial charge >= 0.3 is 11.9 Å². The van der Waals surface area contributed by atoms with Crippen LogP contribution in [0.15, 0.2) is 134 Å². The van der Waals surface area contributed by atoms with Crippen molar-refractivity contribution in [3.8, 4) is 33.8 Å². The molecule has 0 saturated carbocycles. The van der Waals surface area contributed by atoms with Gasteiger partial charge in [0.2, 0.25) is 0 Å². The maximum atomic E-state index is 13.1. The minimum atomic E-state index is -1.21. The van der Waals surface area contributed by atoms with Crippen molar-refractivity contribution in [1.29, 1.82) is 0 Å². The van der Waals surface area contributed by atoms with Crippen LogP contribution in [0.1, 0.15) is 32.1 Å². The summed E-state index contributed by atoms with van der Waals surface area (Å²) in [5.41, 5.74) is 3.93. The molecule has 2 aromatic heterocycles. The highest BCUT2D eigenvalue weighted by Crippen LogP contribution is 2.26. The number of aliphatic carboxylic acids is 2. The normalized spacial score (nSPS) is 10.2. The van der Waals surface area contributed by atoms with Crippen LogP contribution in [0.2, 0.25) is 0 Å². The van der Waals surface area contributed by atoms with Gasteiger partial charge in [0.05, 0.1) is 0 Å². The average molecular weight is 821 g/mol. The van der Waals surface area contributed by atoms with E-state index in [-0.39, 0.29) is 11.4 Å². The highest BCUT2D eigenvalue weighted by molar-refractivity contribution is 5.97. The van der Waals surface area contributed by atoms with Gasteiger partial charge in [-0.1, -0.05) is 84.9 Å². The van der Waals surface area contributed by atoms with E-state index in [2.05, 4.69) is 79.8 Å². The zero-order valence-corrected chi connectivity index (χ0v) is 32.0. The molecule has 0 unspecified atom stereocenters. The van der Waals surface area contributed by atoms with Crippen molar-refractivity contribution in [2.24, 2.45) is 0 Å². The minimum absolute atomic E-state index is 0.295. The Hall–Kier alpha value is -7.56. The number of amides is 2. The third-order valence-corrected chi connectivity index (χ3v) is 8.10. The molecule has 14 nitrogen and oxygen atoms in total. The van der Waals surface area contributed by atoms with Crippen molar-refractivity contribution in [2.75, 3.05) is 26.2 Å². The Balaban J connectivity index is 0.000000199. The molecule has 2 heterocycles. The number of pyridine rings is 2. The summed E-state index contributed by atoms with van der Waals surface area (Å²) in [5.74, 6) is -5.73. The summed E-state index contributed by atoms with van der Waals surface area (Å²) in [6.45, 7) is 2.70. The van der Waals surface area contributed by atoms with Gasteiger partial charge in [-0.05, 0) is 58.7 Å². The highest BCUT2D eigenvalue weighted by atomic mass is 19.1. The van der Waals surface area contributed by atoms with E-state index < -0.39 is 60.0 Å². The van der Waals surface area contributed by atoms with Crippen LogP contribution in [0.25, 0.3) is 22.3 Å². The van der Waals surface area contributed by atoms with E-state index in [1.165, 1.54) is 72.1 Å². The monoisotopic (exact) mass is 820 g/mol. The molecule has 0 radical (unpaired) electrons. The molecule has 16 heteroatoms. The number of carbonyl (C=O) groups is 4. The second kappa shape index (κ2) is 23.6. The number of aromatic hydroxyl groups is 2. The number of carboxylic acids is 2. The molecule has 0 aliphatic carbocycles. The fraction of sp³-hybridized carbons (Fsp3) is 0.136. The molecule has 310 valence electrons. The summed E-state index contributed by atoms with van der Waals surface area (Å²) in [5, 5.41) is 47.5. The number of hydrogen-bond donors (Lipinski definition) is 8. The van der Waals surface area contributed by atoms with E-state index in [9.17, 15) is 38.2 Å². The molecule has 0 fully saturated rings. The van der Waals surface area contributed by atoms with Crippen LogP contribution >= 0.6 is 0 Å². The molecule has 0 aliphatic heterocycles. The number of hydrogen-bond acceptors (Lipinski definition) is 10. The SMILES string of the molecule is O=C(O)CNC(=O)c1ncc(-c2cccc(F)c2)cc1O.O=C(O)CNC(=O)c1ncc(-c2cccc(F)c2)cc1O.c1ccc(CNCCNCc2ccccc2)cc1. The van der Waals surface area contributed by atoms with Gasteiger partial charge in [-0.2, -0.15) is 0 Å². The number of benzene rings is 4. The summed E-state index contributed by atoms with van der Waals surface area (Å²) in [6, 6.07) is 34.9. The molecule has 2 amide bonds. The number of carbonyl (C=O) groups excluding carboxylic acids is 2. The molecule has 0 atom stereocenters. The topological polar surface area (TPSA) is 223 Å². The minimum Gasteiger partial charge on any atom is -0.505 e. The summed E-state index contributed by atoms with van der Waals surface area (Å²) in [6.07, 6.45) is 2.59. The number of carboxylic acid groups (broad SMARTS) is 2. The van der Waals surface area contributed by atoms with Crippen LogP contribution in [0.5, 0.6) is 11.5 Å². The zero-order chi connectivity index (χ0) is 43.3. The zero-order valence-electron chi connectivity index (χ0n) is 32.0. The maximum Gasteiger partial charge on any atom is 0.322 e. The van der Waals surface area contributed by atoms with Crippen molar-refractivity contribution < 1.29 is 48.4 Å². The maximum absolute atomic E-state index is 13.1. The van der Waals surface area contributed by atoms with Gasteiger partial charge in [-0.25, -0.2) is 18.7 Å². The predicted molar refractivity (Wildman–Crippen MR) is 219 cm³/mol. The van der Waals surface area contributed by atoms with Gasteiger partial charge in [0, 0.05) is 49.7 Å². The molecular weight excluding hydrogens is 779 g/mol. The summed E-state index contributed by atoms with van der Waals surface area (Å²) < 4.78 is 26.3. The molecule has 8 N–H and O–H groups in total. The van der Waals surface area contributed by atoms with E-state index in [0.29, 0.717) is 22.3 Å². The predicted octanol–water partition coefficient (Wildman–Crippen LogP) is 5.38. The molecule has 60 heavy (non-hydrogen) atoms. The van der Waals surface area contributed by atoms with E-state index in [4.69, 9.17) is 10.2 Å². The van der Waals surface area contributed by atoms with Crippen LogP contribution < -0.4 is 21.3 Å². The van der Waals surface area contributed by atoms with Crippen molar-refractivity contribution >= 4 is 23.8 Å². The Morgan fingerprint density at radius 3 is 1.22 bits per heavy atom. The van der Waals surface area contributed by atoms with Crippen LogP contribution in [0, 0.1) is 11.6 Å². The van der Waals surface area contributed by atoms with Gasteiger partial charge in [0.1, 0.15) is 36.2 Å².